The van der Waals surface area contributed by atoms with Crippen molar-refractivity contribution in [3.05, 3.63) is 43.3 Å². The molecule has 0 aromatic carbocycles. The van der Waals surface area contributed by atoms with Gasteiger partial charge in [0, 0.05) is 25.0 Å². The van der Waals surface area contributed by atoms with Gasteiger partial charge in [0.05, 0.1) is 0 Å². The van der Waals surface area contributed by atoms with Crippen LogP contribution in [-0.2, 0) is 12.8 Å². The Labute approximate surface area is 176 Å². The van der Waals surface area contributed by atoms with Gasteiger partial charge in [-0.2, -0.15) is 0 Å². The molecule has 0 bridgehead atoms. The molecular formula is C24H38IO2+. The summed E-state index contributed by atoms with van der Waals surface area (Å²) in [6.07, 6.45) is 18.2. The molecule has 2 aromatic rings. The number of hydrogen-bond donors (Lipinski definition) is 0. The Morgan fingerprint density at radius 1 is 0.556 bits per heavy atom. The van der Waals surface area contributed by atoms with Crippen LogP contribution in [0.3, 0.4) is 0 Å². The van der Waals surface area contributed by atoms with Gasteiger partial charge >= 0.3 is 28.7 Å². The lowest BCUT2D eigenvalue weighted by atomic mass is 10.1. The lowest BCUT2D eigenvalue weighted by Gasteiger charge is -1.98. The number of rotatable bonds is 16. The highest BCUT2D eigenvalue weighted by Gasteiger charge is 2.24. The minimum absolute atomic E-state index is 0.319. The van der Waals surface area contributed by atoms with Gasteiger partial charge in [0.15, 0.2) is 0 Å². The first-order chi connectivity index (χ1) is 13.3. The first-order valence-electron chi connectivity index (χ1n) is 11.1. The van der Waals surface area contributed by atoms with Crippen LogP contribution in [0.15, 0.2) is 33.1 Å². The van der Waals surface area contributed by atoms with Gasteiger partial charge in [0.1, 0.15) is 11.5 Å². The Kier molecular flexibility index (Phi) is 12.0. The van der Waals surface area contributed by atoms with Crippen molar-refractivity contribution in [3.63, 3.8) is 0 Å². The van der Waals surface area contributed by atoms with Crippen LogP contribution in [0.1, 0.15) is 102 Å². The van der Waals surface area contributed by atoms with Crippen molar-refractivity contribution in [3.8, 4) is 0 Å². The van der Waals surface area contributed by atoms with Crippen LogP contribution in [0.2, 0.25) is 0 Å². The number of halogens is 1. The van der Waals surface area contributed by atoms with Crippen LogP contribution in [-0.4, -0.2) is 0 Å². The molecule has 2 aromatic heterocycles. The Morgan fingerprint density at radius 2 is 0.963 bits per heavy atom. The maximum Gasteiger partial charge on any atom is 0.442 e. The maximum atomic E-state index is 6.05. The second-order valence-corrected chi connectivity index (χ2v) is 10.2. The molecule has 2 nitrogen and oxygen atoms in total. The molecule has 0 fully saturated rings. The molecular weight excluding hydrogens is 447 g/mol. The molecule has 0 saturated carbocycles. The number of aryl methyl sites for hydroxylation is 2. The largest absolute Gasteiger partial charge is 0.442 e. The molecule has 0 aliphatic carbocycles. The van der Waals surface area contributed by atoms with Crippen molar-refractivity contribution in [1.82, 2.24) is 0 Å². The standard InChI is InChI=1S/C24H38IO2/c1-3-5-7-9-11-13-15-21-17-19-23(26-21)25-24-20-18-22(27-24)16-14-12-10-8-6-4-2/h17-20H,3-16H2,1-2H3/q+1. The Morgan fingerprint density at radius 3 is 1.41 bits per heavy atom. The normalized spacial score (nSPS) is 11.3. The fourth-order valence-corrected chi connectivity index (χ4v) is 5.35. The van der Waals surface area contributed by atoms with E-state index in [0.717, 1.165) is 31.9 Å². The van der Waals surface area contributed by atoms with Crippen LogP contribution < -0.4 is 21.2 Å². The van der Waals surface area contributed by atoms with Gasteiger partial charge in [0.2, 0.25) is 0 Å². The molecule has 0 aliphatic heterocycles. The smallest absolute Gasteiger partial charge is 0.423 e. The molecule has 0 saturated heterocycles. The maximum absolute atomic E-state index is 6.05. The molecule has 0 radical (unpaired) electrons. The minimum atomic E-state index is -0.319. The fraction of sp³-hybridized carbons (Fsp3) is 0.667. The van der Waals surface area contributed by atoms with E-state index in [1.807, 2.05) is 0 Å². The van der Waals surface area contributed by atoms with E-state index in [-0.39, 0.29) is 21.2 Å². The molecule has 0 aliphatic rings. The second-order valence-electron chi connectivity index (χ2n) is 7.54. The number of furan rings is 2. The van der Waals surface area contributed by atoms with Crippen molar-refractivity contribution in [2.24, 2.45) is 0 Å². The van der Waals surface area contributed by atoms with Gasteiger partial charge in [-0.05, 0) is 25.0 Å². The van der Waals surface area contributed by atoms with Crippen molar-refractivity contribution >= 4 is 0 Å². The van der Waals surface area contributed by atoms with E-state index >= 15 is 0 Å². The summed E-state index contributed by atoms with van der Waals surface area (Å²) in [5.74, 6) is 2.30. The van der Waals surface area contributed by atoms with E-state index < -0.39 is 0 Å². The van der Waals surface area contributed by atoms with E-state index in [0.29, 0.717) is 0 Å². The zero-order valence-corrected chi connectivity index (χ0v) is 19.6. The molecule has 0 atom stereocenters. The first-order valence-corrected chi connectivity index (χ1v) is 13.3. The highest BCUT2D eigenvalue weighted by molar-refractivity contribution is 4.99. The first kappa shape index (κ1) is 22.6. The molecule has 0 amide bonds. The van der Waals surface area contributed by atoms with Crippen molar-refractivity contribution < 1.29 is 30.0 Å². The van der Waals surface area contributed by atoms with Crippen molar-refractivity contribution in [1.29, 1.82) is 0 Å². The zero-order valence-electron chi connectivity index (χ0n) is 17.4. The van der Waals surface area contributed by atoms with Crippen LogP contribution >= 0.6 is 0 Å². The van der Waals surface area contributed by atoms with Crippen LogP contribution in [0, 0.1) is 7.53 Å². The van der Waals surface area contributed by atoms with Gasteiger partial charge in [-0.1, -0.05) is 78.1 Å². The summed E-state index contributed by atoms with van der Waals surface area (Å²) in [5.41, 5.74) is 0. The van der Waals surface area contributed by atoms with Crippen LogP contribution in [0.5, 0.6) is 0 Å². The molecule has 2 rings (SSSR count). The topological polar surface area (TPSA) is 26.3 Å². The van der Waals surface area contributed by atoms with Gasteiger partial charge in [-0.25, -0.2) is 0 Å². The summed E-state index contributed by atoms with van der Waals surface area (Å²) >= 11 is -0.319. The van der Waals surface area contributed by atoms with Gasteiger partial charge < -0.3 is 8.83 Å². The summed E-state index contributed by atoms with van der Waals surface area (Å²) in [5, 5.41) is 0. The lowest BCUT2D eigenvalue weighted by Crippen LogP contribution is -3.61. The van der Waals surface area contributed by atoms with Gasteiger partial charge in [0.25, 0.3) is 0 Å². The monoisotopic (exact) mass is 485 g/mol. The summed E-state index contributed by atoms with van der Waals surface area (Å²) in [7, 11) is 0. The molecule has 3 heteroatoms. The third-order valence-corrected chi connectivity index (χ3v) is 7.22. The fourth-order valence-electron chi connectivity index (χ4n) is 3.32. The van der Waals surface area contributed by atoms with Gasteiger partial charge in [-0.15, -0.1) is 0 Å². The Balaban J connectivity index is 1.63. The van der Waals surface area contributed by atoms with E-state index in [2.05, 4.69) is 38.1 Å². The molecule has 152 valence electrons. The van der Waals surface area contributed by atoms with E-state index in [9.17, 15) is 0 Å². The third-order valence-electron chi connectivity index (χ3n) is 5.00. The average Bonchev–Trinajstić information content (AvgIpc) is 3.31. The molecule has 27 heavy (non-hydrogen) atoms. The van der Waals surface area contributed by atoms with E-state index in [4.69, 9.17) is 8.83 Å². The number of unbranched alkanes of at least 4 members (excludes halogenated alkanes) is 10. The third kappa shape index (κ3) is 9.87. The zero-order chi connectivity index (χ0) is 19.2. The predicted octanol–water partition coefficient (Wildman–Crippen LogP) is 4.81. The molecule has 0 spiro atoms. The second kappa shape index (κ2) is 14.3. The average molecular weight is 485 g/mol. The minimum Gasteiger partial charge on any atom is -0.423 e. The summed E-state index contributed by atoms with van der Waals surface area (Å²) in [4.78, 5) is 0. The van der Waals surface area contributed by atoms with Crippen LogP contribution in [0.25, 0.3) is 0 Å². The molecule has 0 N–H and O–H groups in total. The summed E-state index contributed by atoms with van der Waals surface area (Å²) in [6, 6.07) is 8.66. The highest BCUT2D eigenvalue weighted by atomic mass is 127. The number of hydrogen-bond acceptors (Lipinski definition) is 2. The predicted molar refractivity (Wildman–Crippen MR) is 109 cm³/mol. The van der Waals surface area contributed by atoms with E-state index in [1.54, 1.807) is 0 Å². The quantitative estimate of drug-likeness (QED) is 0.252. The van der Waals surface area contributed by atoms with E-state index in [1.165, 1.54) is 77.0 Å². The molecule has 0 unspecified atom stereocenters. The van der Waals surface area contributed by atoms with Crippen molar-refractivity contribution in [2.75, 3.05) is 0 Å². The SMILES string of the molecule is CCCCCCCCc1ccc([I+]c2ccc(CCCCCCCC)o2)o1. The summed E-state index contributed by atoms with van der Waals surface area (Å²) < 4.78 is 14.4. The highest BCUT2D eigenvalue weighted by Crippen LogP contribution is 2.11. The van der Waals surface area contributed by atoms with Gasteiger partial charge in [-0.3, -0.25) is 0 Å². The molecule has 2 heterocycles. The van der Waals surface area contributed by atoms with Crippen molar-refractivity contribution in [2.45, 2.75) is 104 Å². The summed E-state index contributed by atoms with van der Waals surface area (Å²) in [6.45, 7) is 4.54. The lowest BCUT2D eigenvalue weighted by molar-refractivity contribution is -0.636. The van der Waals surface area contributed by atoms with Crippen LogP contribution in [0.4, 0.5) is 0 Å². The Hall–Kier alpha value is -0.710. The Bertz CT molecular complexity index is 547.